The molecule has 0 aliphatic carbocycles. The molecule has 4 rings (SSSR count). The van der Waals surface area contributed by atoms with Gasteiger partial charge in [-0.25, -0.2) is 9.89 Å². The van der Waals surface area contributed by atoms with Crippen LogP contribution in [0.3, 0.4) is 0 Å². The Balaban J connectivity index is 1.69. The Bertz CT molecular complexity index is 1260. The minimum atomic E-state index is -0.260. The van der Waals surface area contributed by atoms with E-state index in [1.165, 1.54) is 0 Å². The number of H-pyrrole nitrogens is 1. The van der Waals surface area contributed by atoms with Crippen molar-refractivity contribution in [2.45, 2.75) is 59.5 Å². The number of imidazole rings is 1. The lowest BCUT2D eigenvalue weighted by Crippen LogP contribution is -2.35. The van der Waals surface area contributed by atoms with Gasteiger partial charge in [0, 0.05) is 34.3 Å². The molecular formula is C24H29N7O. The summed E-state index contributed by atoms with van der Waals surface area (Å²) < 4.78 is 3.84. The highest BCUT2D eigenvalue weighted by Crippen LogP contribution is 2.28. The van der Waals surface area contributed by atoms with Gasteiger partial charge in [-0.3, -0.25) is 14.1 Å². The first-order valence-corrected chi connectivity index (χ1v) is 10.9. The lowest BCUT2D eigenvalue weighted by atomic mass is 10.0. The van der Waals surface area contributed by atoms with E-state index in [1.807, 2.05) is 33.4 Å². The van der Waals surface area contributed by atoms with E-state index in [0.717, 1.165) is 46.6 Å². The van der Waals surface area contributed by atoms with Crippen molar-refractivity contribution in [1.82, 2.24) is 34.7 Å². The molecule has 1 aromatic carbocycles. The van der Waals surface area contributed by atoms with Gasteiger partial charge in [0.2, 0.25) is 0 Å². The Labute approximate surface area is 187 Å². The van der Waals surface area contributed by atoms with Crippen LogP contribution in [-0.4, -0.2) is 34.7 Å². The molecule has 3 heterocycles. The molecule has 8 heteroatoms. The zero-order valence-corrected chi connectivity index (χ0v) is 19.3. The third-order valence-corrected chi connectivity index (χ3v) is 5.63. The molecule has 0 amide bonds. The Morgan fingerprint density at radius 3 is 2.47 bits per heavy atom. The number of benzene rings is 1. The van der Waals surface area contributed by atoms with Crippen molar-refractivity contribution in [2.24, 2.45) is 0 Å². The maximum Gasteiger partial charge on any atom is 0.329 e. The second-order valence-corrected chi connectivity index (χ2v) is 9.00. The quantitative estimate of drug-likeness (QED) is 0.499. The van der Waals surface area contributed by atoms with Crippen molar-refractivity contribution in [3.8, 4) is 22.6 Å². The van der Waals surface area contributed by atoms with Crippen molar-refractivity contribution in [1.29, 1.82) is 0 Å². The van der Waals surface area contributed by atoms with Crippen molar-refractivity contribution in [3.05, 3.63) is 70.0 Å². The third-order valence-electron chi connectivity index (χ3n) is 5.63. The number of hydrogen-bond donors (Lipinski definition) is 1. The zero-order chi connectivity index (χ0) is 22.9. The smallest absolute Gasteiger partial charge is 0.292 e. The van der Waals surface area contributed by atoms with E-state index in [0.29, 0.717) is 12.4 Å². The van der Waals surface area contributed by atoms with E-state index in [9.17, 15) is 4.79 Å². The van der Waals surface area contributed by atoms with E-state index < -0.39 is 0 Å². The fourth-order valence-electron chi connectivity index (χ4n) is 4.26. The van der Waals surface area contributed by atoms with Crippen LogP contribution in [-0.2, 0) is 18.5 Å². The van der Waals surface area contributed by atoms with E-state index in [-0.39, 0.29) is 11.2 Å². The zero-order valence-electron chi connectivity index (χ0n) is 19.3. The molecule has 0 unspecified atom stereocenters. The summed E-state index contributed by atoms with van der Waals surface area (Å²) in [5, 5.41) is 14.2. The van der Waals surface area contributed by atoms with E-state index in [1.54, 1.807) is 6.20 Å². The van der Waals surface area contributed by atoms with Gasteiger partial charge in [-0.2, -0.15) is 0 Å². The van der Waals surface area contributed by atoms with Crippen LogP contribution in [0.2, 0.25) is 0 Å². The molecule has 0 fully saturated rings. The molecule has 0 radical (unpaired) electrons. The lowest BCUT2D eigenvalue weighted by molar-refractivity contribution is 0.373. The van der Waals surface area contributed by atoms with Gasteiger partial charge in [0.1, 0.15) is 0 Å². The fourth-order valence-corrected chi connectivity index (χ4v) is 4.26. The molecular weight excluding hydrogens is 402 g/mol. The molecule has 3 aromatic heterocycles. The van der Waals surface area contributed by atoms with Crippen LogP contribution in [0.1, 0.15) is 51.1 Å². The van der Waals surface area contributed by atoms with Gasteiger partial charge in [0.25, 0.3) is 0 Å². The molecule has 0 saturated heterocycles. The highest BCUT2D eigenvalue weighted by Gasteiger charge is 2.24. The average Bonchev–Trinajstić information content (AvgIpc) is 3.37. The first-order chi connectivity index (χ1) is 15.3. The van der Waals surface area contributed by atoms with E-state index in [2.05, 4.69) is 72.4 Å². The summed E-state index contributed by atoms with van der Waals surface area (Å²) in [6.07, 6.45) is 3.63. The number of nitrogens with one attached hydrogen (secondary N) is 1. The van der Waals surface area contributed by atoms with E-state index in [4.69, 9.17) is 0 Å². The molecule has 0 saturated carbocycles. The highest BCUT2D eigenvalue weighted by molar-refractivity contribution is 5.76. The fraction of sp³-hybridized carbons (Fsp3) is 0.375. The van der Waals surface area contributed by atoms with Crippen molar-refractivity contribution in [2.75, 3.05) is 0 Å². The predicted molar refractivity (Wildman–Crippen MR) is 124 cm³/mol. The number of hydrogen-bond acceptors (Lipinski definition) is 5. The number of tetrazole rings is 1. The largest absolute Gasteiger partial charge is 0.329 e. The summed E-state index contributed by atoms with van der Waals surface area (Å²) in [6, 6.07) is 12.0. The normalized spacial score (nSPS) is 11.8. The standard InChI is InChI=1S/C24H29N7O/c1-6-8-20-16(2)31(24(3,4)5)23(32)30(20)15-17-10-12-18(13-11-17)21-19(9-7-14-25-21)22-26-28-29-27-22/h7,9-14H,6,8,15H2,1-5H3,(H,26,27,28,29). The van der Waals surface area contributed by atoms with Crippen LogP contribution in [0.25, 0.3) is 22.6 Å². The molecule has 8 nitrogen and oxygen atoms in total. The molecule has 0 aliphatic rings. The number of nitrogens with zero attached hydrogens (tertiary/aromatic N) is 6. The van der Waals surface area contributed by atoms with Gasteiger partial charge in [0.05, 0.1) is 12.2 Å². The minimum absolute atomic E-state index is 0.0485. The average molecular weight is 432 g/mol. The second kappa shape index (κ2) is 8.53. The van der Waals surface area contributed by atoms with Crippen LogP contribution in [0.5, 0.6) is 0 Å². The Morgan fingerprint density at radius 1 is 1.09 bits per heavy atom. The second-order valence-electron chi connectivity index (χ2n) is 9.00. The SMILES string of the molecule is CCCc1c(C)n(C(C)(C)C)c(=O)n1Cc1ccc(-c2ncccc2-c2nnn[nH]2)cc1. The molecule has 32 heavy (non-hydrogen) atoms. The maximum absolute atomic E-state index is 13.3. The van der Waals surface area contributed by atoms with Crippen molar-refractivity contribution >= 4 is 0 Å². The van der Waals surface area contributed by atoms with Gasteiger partial charge in [-0.1, -0.05) is 37.6 Å². The Hall–Kier alpha value is -3.55. The summed E-state index contributed by atoms with van der Waals surface area (Å²) in [4.78, 5) is 17.8. The Kier molecular flexibility index (Phi) is 5.78. The molecule has 0 aliphatic heterocycles. The number of pyridine rings is 1. The topological polar surface area (TPSA) is 94.3 Å². The Morgan fingerprint density at radius 2 is 1.84 bits per heavy atom. The van der Waals surface area contributed by atoms with Crippen LogP contribution in [0.15, 0.2) is 47.4 Å². The number of rotatable bonds is 6. The lowest BCUT2D eigenvalue weighted by Gasteiger charge is -2.21. The number of aromatic amines is 1. The molecule has 0 bridgehead atoms. The first-order valence-electron chi connectivity index (χ1n) is 10.9. The summed E-state index contributed by atoms with van der Waals surface area (Å²) in [5.41, 5.74) is 5.63. The van der Waals surface area contributed by atoms with Gasteiger partial charge in [0.15, 0.2) is 5.82 Å². The predicted octanol–water partition coefficient (Wildman–Crippen LogP) is 3.96. The van der Waals surface area contributed by atoms with Crippen molar-refractivity contribution in [3.63, 3.8) is 0 Å². The summed E-state index contributed by atoms with van der Waals surface area (Å²) in [5.74, 6) is 0.576. The van der Waals surface area contributed by atoms with Gasteiger partial charge < -0.3 is 0 Å². The summed E-state index contributed by atoms with van der Waals surface area (Å²) in [7, 11) is 0. The maximum atomic E-state index is 13.3. The molecule has 0 spiro atoms. The summed E-state index contributed by atoms with van der Waals surface area (Å²) in [6.45, 7) is 11.0. The van der Waals surface area contributed by atoms with Crippen LogP contribution in [0.4, 0.5) is 0 Å². The molecule has 1 N–H and O–H groups in total. The van der Waals surface area contributed by atoms with Crippen LogP contribution >= 0.6 is 0 Å². The van der Waals surface area contributed by atoms with Gasteiger partial charge >= 0.3 is 5.69 Å². The van der Waals surface area contributed by atoms with Gasteiger partial charge in [-0.15, -0.1) is 5.10 Å². The molecule has 166 valence electrons. The van der Waals surface area contributed by atoms with Gasteiger partial charge in [-0.05, 0) is 62.2 Å². The monoisotopic (exact) mass is 431 g/mol. The van der Waals surface area contributed by atoms with E-state index >= 15 is 0 Å². The molecule has 4 aromatic rings. The van der Waals surface area contributed by atoms with Crippen LogP contribution in [0, 0.1) is 6.92 Å². The first kappa shape index (κ1) is 21.7. The van der Waals surface area contributed by atoms with Crippen molar-refractivity contribution < 1.29 is 0 Å². The van der Waals surface area contributed by atoms with Crippen LogP contribution < -0.4 is 5.69 Å². The molecule has 0 atom stereocenters. The summed E-state index contributed by atoms with van der Waals surface area (Å²) >= 11 is 0. The third kappa shape index (κ3) is 4.00. The number of aromatic nitrogens is 7. The highest BCUT2D eigenvalue weighted by atomic mass is 16.2. The minimum Gasteiger partial charge on any atom is -0.292 e.